The SMILES string of the molecule is CCCNC(CCC(C)C)c1ncccc1OC. The van der Waals surface area contributed by atoms with Crippen molar-refractivity contribution in [3.8, 4) is 5.75 Å². The van der Waals surface area contributed by atoms with Crippen LogP contribution >= 0.6 is 0 Å². The Kier molecular flexibility index (Phi) is 6.73. The van der Waals surface area contributed by atoms with Crippen molar-refractivity contribution in [3.63, 3.8) is 0 Å². The standard InChI is InChI=1S/C15H26N2O/c1-5-10-16-13(9-8-12(2)3)15-14(18-4)7-6-11-17-15/h6-7,11-13,16H,5,8-10H2,1-4H3. The lowest BCUT2D eigenvalue weighted by Crippen LogP contribution is -2.24. The van der Waals surface area contributed by atoms with Crippen LogP contribution in [0.25, 0.3) is 0 Å². The number of methoxy groups -OCH3 is 1. The molecule has 102 valence electrons. The van der Waals surface area contributed by atoms with E-state index in [0.717, 1.165) is 30.8 Å². The van der Waals surface area contributed by atoms with Crippen LogP contribution < -0.4 is 10.1 Å². The minimum Gasteiger partial charge on any atom is -0.495 e. The maximum Gasteiger partial charge on any atom is 0.141 e. The molecular formula is C15H26N2O. The number of ether oxygens (including phenoxy) is 1. The molecule has 1 atom stereocenters. The highest BCUT2D eigenvalue weighted by molar-refractivity contribution is 5.29. The lowest BCUT2D eigenvalue weighted by Gasteiger charge is -2.20. The third-order valence-corrected chi connectivity index (χ3v) is 3.02. The number of pyridine rings is 1. The highest BCUT2D eigenvalue weighted by Gasteiger charge is 2.16. The van der Waals surface area contributed by atoms with Gasteiger partial charge in [0.1, 0.15) is 5.75 Å². The summed E-state index contributed by atoms with van der Waals surface area (Å²) < 4.78 is 5.41. The average molecular weight is 250 g/mol. The van der Waals surface area contributed by atoms with E-state index in [1.807, 2.05) is 18.3 Å². The van der Waals surface area contributed by atoms with E-state index in [4.69, 9.17) is 4.74 Å². The van der Waals surface area contributed by atoms with E-state index in [1.165, 1.54) is 6.42 Å². The van der Waals surface area contributed by atoms with E-state index >= 15 is 0 Å². The number of aromatic nitrogens is 1. The minimum absolute atomic E-state index is 0.295. The van der Waals surface area contributed by atoms with Gasteiger partial charge in [-0.05, 0) is 43.9 Å². The van der Waals surface area contributed by atoms with Crippen molar-refractivity contribution in [1.82, 2.24) is 10.3 Å². The van der Waals surface area contributed by atoms with Gasteiger partial charge in [0, 0.05) is 6.20 Å². The second kappa shape index (κ2) is 8.09. The van der Waals surface area contributed by atoms with Gasteiger partial charge >= 0.3 is 0 Å². The number of hydrogen-bond donors (Lipinski definition) is 1. The summed E-state index contributed by atoms with van der Waals surface area (Å²) in [4.78, 5) is 4.49. The largest absolute Gasteiger partial charge is 0.495 e. The zero-order valence-electron chi connectivity index (χ0n) is 12.1. The molecule has 0 radical (unpaired) electrons. The summed E-state index contributed by atoms with van der Waals surface area (Å²) >= 11 is 0. The highest BCUT2D eigenvalue weighted by atomic mass is 16.5. The minimum atomic E-state index is 0.295. The third-order valence-electron chi connectivity index (χ3n) is 3.02. The molecule has 0 amide bonds. The molecule has 0 aromatic carbocycles. The van der Waals surface area contributed by atoms with Crippen LogP contribution in [0.15, 0.2) is 18.3 Å². The fraction of sp³-hybridized carbons (Fsp3) is 0.667. The number of hydrogen-bond acceptors (Lipinski definition) is 3. The Morgan fingerprint density at radius 3 is 2.72 bits per heavy atom. The molecular weight excluding hydrogens is 224 g/mol. The quantitative estimate of drug-likeness (QED) is 0.766. The predicted molar refractivity (Wildman–Crippen MR) is 75.9 cm³/mol. The van der Waals surface area contributed by atoms with Crippen LogP contribution in [0.3, 0.4) is 0 Å². The fourth-order valence-corrected chi connectivity index (χ4v) is 1.99. The molecule has 0 aliphatic carbocycles. The Balaban J connectivity index is 2.79. The van der Waals surface area contributed by atoms with Crippen LogP contribution in [0.5, 0.6) is 5.75 Å². The molecule has 0 bridgehead atoms. The Bertz CT molecular complexity index is 339. The lowest BCUT2D eigenvalue weighted by molar-refractivity contribution is 0.379. The molecule has 0 aliphatic rings. The number of nitrogens with one attached hydrogen (secondary N) is 1. The first-order chi connectivity index (χ1) is 8.69. The van der Waals surface area contributed by atoms with Gasteiger partial charge in [-0.3, -0.25) is 4.98 Å². The maximum atomic E-state index is 5.41. The molecule has 1 rings (SSSR count). The summed E-state index contributed by atoms with van der Waals surface area (Å²) in [5.41, 5.74) is 1.04. The summed E-state index contributed by atoms with van der Waals surface area (Å²) in [6, 6.07) is 4.20. The molecule has 0 fully saturated rings. The van der Waals surface area contributed by atoms with E-state index in [-0.39, 0.29) is 0 Å². The van der Waals surface area contributed by atoms with E-state index in [0.29, 0.717) is 12.0 Å². The molecule has 0 spiro atoms. The Hall–Kier alpha value is -1.09. The van der Waals surface area contributed by atoms with Crippen LogP contribution in [0, 0.1) is 5.92 Å². The third kappa shape index (κ3) is 4.65. The first-order valence-corrected chi connectivity index (χ1v) is 6.91. The zero-order valence-corrected chi connectivity index (χ0v) is 12.1. The van der Waals surface area contributed by atoms with Crippen molar-refractivity contribution >= 4 is 0 Å². The zero-order chi connectivity index (χ0) is 13.4. The van der Waals surface area contributed by atoms with E-state index < -0.39 is 0 Å². The van der Waals surface area contributed by atoms with Gasteiger partial charge in [-0.2, -0.15) is 0 Å². The number of nitrogens with zero attached hydrogens (tertiary/aromatic N) is 1. The molecule has 18 heavy (non-hydrogen) atoms. The van der Waals surface area contributed by atoms with Crippen LogP contribution in [0.2, 0.25) is 0 Å². The van der Waals surface area contributed by atoms with Gasteiger partial charge in [0.25, 0.3) is 0 Å². The molecule has 0 saturated heterocycles. The highest BCUT2D eigenvalue weighted by Crippen LogP contribution is 2.26. The van der Waals surface area contributed by atoms with Gasteiger partial charge in [-0.15, -0.1) is 0 Å². The number of rotatable bonds is 8. The molecule has 3 heteroatoms. The molecule has 1 N–H and O–H groups in total. The molecule has 1 unspecified atom stereocenters. The van der Waals surface area contributed by atoms with Gasteiger partial charge in [0.2, 0.25) is 0 Å². The first-order valence-electron chi connectivity index (χ1n) is 6.91. The van der Waals surface area contributed by atoms with Gasteiger partial charge in [0.15, 0.2) is 0 Å². The monoisotopic (exact) mass is 250 g/mol. The Morgan fingerprint density at radius 2 is 2.11 bits per heavy atom. The summed E-state index contributed by atoms with van der Waals surface area (Å²) in [6.45, 7) is 7.71. The van der Waals surface area contributed by atoms with Crippen LogP contribution in [-0.4, -0.2) is 18.6 Å². The average Bonchev–Trinajstić information content (AvgIpc) is 2.38. The molecule has 0 aliphatic heterocycles. The summed E-state index contributed by atoms with van der Waals surface area (Å²) in [7, 11) is 1.71. The second-order valence-electron chi connectivity index (χ2n) is 5.07. The molecule has 0 saturated carbocycles. The van der Waals surface area contributed by atoms with Crippen LogP contribution in [0.1, 0.15) is 51.8 Å². The van der Waals surface area contributed by atoms with Crippen molar-refractivity contribution in [2.45, 2.75) is 46.1 Å². The first kappa shape index (κ1) is 15.0. The van der Waals surface area contributed by atoms with Gasteiger partial charge in [-0.25, -0.2) is 0 Å². The Morgan fingerprint density at radius 1 is 1.33 bits per heavy atom. The van der Waals surface area contributed by atoms with Gasteiger partial charge < -0.3 is 10.1 Å². The van der Waals surface area contributed by atoms with E-state index in [2.05, 4.69) is 31.1 Å². The van der Waals surface area contributed by atoms with Crippen LogP contribution in [0.4, 0.5) is 0 Å². The summed E-state index contributed by atoms with van der Waals surface area (Å²) in [5.74, 6) is 1.60. The van der Waals surface area contributed by atoms with Crippen molar-refractivity contribution < 1.29 is 4.74 Å². The summed E-state index contributed by atoms with van der Waals surface area (Å²) in [5, 5.41) is 3.57. The maximum absolute atomic E-state index is 5.41. The normalized spacial score (nSPS) is 12.7. The van der Waals surface area contributed by atoms with E-state index in [1.54, 1.807) is 7.11 Å². The molecule has 1 heterocycles. The van der Waals surface area contributed by atoms with Crippen molar-refractivity contribution in [1.29, 1.82) is 0 Å². The summed E-state index contributed by atoms with van der Waals surface area (Å²) in [6.07, 6.45) is 5.27. The van der Waals surface area contributed by atoms with Gasteiger partial charge in [-0.1, -0.05) is 20.8 Å². The van der Waals surface area contributed by atoms with E-state index in [9.17, 15) is 0 Å². The van der Waals surface area contributed by atoms with Crippen molar-refractivity contribution in [2.75, 3.05) is 13.7 Å². The predicted octanol–water partition coefficient (Wildman–Crippen LogP) is 3.57. The van der Waals surface area contributed by atoms with Crippen molar-refractivity contribution in [3.05, 3.63) is 24.0 Å². The topological polar surface area (TPSA) is 34.2 Å². The smallest absolute Gasteiger partial charge is 0.141 e. The second-order valence-corrected chi connectivity index (χ2v) is 5.07. The van der Waals surface area contributed by atoms with Crippen LogP contribution in [-0.2, 0) is 0 Å². The molecule has 1 aromatic rings. The van der Waals surface area contributed by atoms with Gasteiger partial charge in [0.05, 0.1) is 18.8 Å². The lowest BCUT2D eigenvalue weighted by atomic mass is 10.00. The van der Waals surface area contributed by atoms with Crippen molar-refractivity contribution in [2.24, 2.45) is 5.92 Å². The molecule has 3 nitrogen and oxygen atoms in total. The fourth-order valence-electron chi connectivity index (χ4n) is 1.99. The Labute approximate surface area is 111 Å². The molecule has 1 aromatic heterocycles.